The van der Waals surface area contributed by atoms with Crippen LogP contribution < -0.4 is 0 Å². The van der Waals surface area contributed by atoms with E-state index in [1.165, 1.54) is 4.90 Å². The predicted octanol–water partition coefficient (Wildman–Crippen LogP) is 3.96. The quantitative estimate of drug-likeness (QED) is 0.595. The Kier molecular flexibility index (Phi) is 6.00. The van der Waals surface area contributed by atoms with Gasteiger partial charge >= 0.3 is 0 Å². The van der Waals surface area contributed by atoms with Crippen molar-refractivity contribution in [1.29, 1.82) is 0 Å². The van der Waals surface area contributed by atoms with Crippen molar-refractivity contribution in [2.45, 2.75) is 16.8 Å². The summed E-state index contributed by atoms with van der Waals surface area (Å²) in [5, 5.41) is 0. The summed E-state index contributed by atoms with van der Waals surface area (Å²) in [7, 11) is 0. The normalized spacial score (nSPS) is 11.1. The first kappa shape index (κ1) is 15.4. The van der Waals surface area contributed by atoms with E-state index >= 15 is 0 Å². The van der Waals surface area contributed by atoms with Crippen molar-refractivity contribution in [2.24, 2.45) is 0 Å². The van der Waals surface area contributed by atoms with Gasteiger partial charge in [-0.1, -0.05) is 71.2 Å². The number of alkyl halides is 3. The van der Waals surface area contributed by atoms with Crippen LogP contribution >= 0.6 is 34.8 Å². The van der Waals surface area contributed by atoms with Crippen molar-refractivity contribution in [1.82, 2.24) is 4.90 Å². The van der Waals surface area contributed by atoms with Gasteiger partial charge in [0.1, 0.15) is 0 Å². The lowest BCUT2D eigenvalue weighted by Gasteiger charge is -2.25. The number of hydrogen-bond acceptors (Lipinski definition) is 1. The van der Waals surface area contributed by atoms with Crippen molar-refractivity contribution in [3.8, 4) is 0 Å². The molecular formula is C13H14Cl3NO. The summed E-state index contributed by atoms with van der Waals surface area (Å²) in [4.78, 5) is 13.5. The Balaban J connectivity index is 2.79. The average Bonchev–Trinajstić information content (AvgIpc) is 2.33. The van der Waals surface area contributed by atoms with Crippen molar-refractivity contribution in [3.63, 3.8) is 0 Å². The molecule has 0 aliphatic rings. The van der Waals surface area contributed by atoms with Gasteiger partial charge in [-0.15, -0.1) is 6.58 Å². The zero-order chi connectivity index (χ0) is 13.6. The second-order valence-corrected chi connectivity index (χ2v) is 6.07. The Bertz CT molecular complexity index is 400. The number of benzene rings is 1. The SMILES string of the molecule is C=CCCN(Cc1ccccc1)C(=O)C(Cl)(Cl)Cl. The predicted molar refractivity (Wildman–Crippen MR) is 77.0 cm³/mol. The zero-order valence-electron chi connectivity index (χ0n) is 9.78. The molecule has 0 spiro atoms. The molecule has 0 saturated carbocycles. The van der Waals surface area contributed by atoms with Crippen LogP contribution in [0.1, 0.15) is 12.0 Å². The van der Waals surface area contributed by atoms with Gasteiger partial charge in [-0.05, 0) is 12.0 Å². The average molecular weight is 307 g/mol. The van der Waals surface area contributed by atoms with Gasteiger partial charge in [0, 0.05) is 13.1 Å². The van der Waals surface area contributed by atoms with E-state index in [1.807, 2.05) is 30.3 Å². The molecule has 0 N–H and O–H groups in total. The lowest BCUT2D eigenvalue weighted by atomic mass is 10.2. The first-order chi connectivity index (χ1) is 8.45. The number of nitrogens with zero attached hydrogens (tertiary/aromatic N) is 1. The zero-order valence-corrected chi connectivity index (χ0v) is 12.0. The molecule has 0 aliphatic carbocycles. The fourth-order valence-electron chi connectivity index (χ4n) is 1.48. The Morgan fingerprint density at radius 3 is 2.39 bits per heavy atom. The first-order valence-corrected chi connectivity index (χ1v) is 6.59. The van der Waals surface area contributed by atoms with Gasteiger partial charge in [0.15, 0.2) is 0 Å². The lowest BCUT2D eigenvalue weighted by Crippen LogP contribution is -2.39. The summed E-state index contributed by atoms with van der Waals surface area (Å²) >= 11 is 16.9. The van der Waals surface area contributed by atoms with Crippen LogP contribution in [0.25, 0.3) is 0 Å². The number of hydrogen-bond donors (Lipinski definition) is 0. The second kappa shape index (κ2) is 7.03. The molecule has 0 unspecified atom stereocenters. The number of carbonyl (C=O) groups is 1. The molecule has 98 valence electrons. The molecule has 0 aliphatic heterocycles. The van der Waals surface area contributed by atoms with Crippen LogP contribution in [0.5, 0.6) is 0 Å². The highest BCUT2D eigenvalue weighted by molar-refractivity contribution is 6.76. The van der Waals surface area contributed by atoms with E-state index in [2.05, 4.69) is 6.58 Å². The molecule has 0 radical (unpaired) electrons. The van der Waals surface area contributed by atoms with Crippen LogP contribution in [0.4, 0.5) is 0 Å². The number of rotatable bonds is 5. The van der Waals surface area contributed by atoms with E-state index in [4.69, 9.17) is 34.8 Å². The standard InChI is InChI=1S/C13H14Cl3NO/c1-2-3-9-17(12(18)13(14,15)16)10-11-7-5-4-6-8-11/h2,4-8H,1,3,9-10H2. The minimum Gasteiger partial charge on any atom is -0.334 e. The number of carbonyl (C=O) groups excluding carboxylic acids is 1. The minimum absolute atomic E-state index is 0.418. The molecule has 0 saturated heterocycles. The molecular weight excluding hydrogens is 293 g/mol. The molecule has 0 bridgehead atoms. The van der Waals surface area contributed by atoms with Gasteiger partial charge in [-0.25, -0.2) is 0 Å². The van der Waals surface area contributed by atoms with Gasteiger partial charge in [-0.3, -0.25) is 4.79 Å². The van der Waals surface area contributed by atoms with Gasteiger partial charge in [0.25, 0.3) is 9.70 Å². The highest BCUT2D eigenvalue weighted by Gasteiger charge is 2.34. The summed E-state index contributed by atoms with van der Waals surface area (Å²) in [6, 6.07) is 9.56. The molecule has 5 heteroatoms. The third-order valence-electron chi connectivity index (χ3n) is 2.35. The summed E-state index contributed by atoms with van der Waals surface area (Å²) in [5.74, 6) is -0.516. The Labute approximate surface area is 122 Å². The lowest BCUT2D eigenvalue weighted by molar-refractivity contribution is -0.130. The van der Waals surface area contributed by atoms with Crippen molar-refractivity contribution >= 4 is 40.7 Å². The molecule has 1 amide bonds. The minimum atomic E-state index is -1.92. The van der Waals surface area contributed by atoms with Gasteiger partial charge in [0.2, 0.25) is 0 Å². The fourth-order valence-corrected chi connectivity index (χ4v) is 1.84. The Morgan fingerprint density at radius 1 is 1.28 bits per heavy atom. The van der Waals surface area contributed by atoms with E-state index in [-0.39, 0.29) is 0 Å². The molecule has 1 aromatic carbocycles. The van der Waals surface area contributed by atoms with Crippen LogP contribution in [0, 0.1) is 0 Å². The van der Waals surface area contributed by atoms with E-state index in [0.717, 1.165) is 5.56 Å². The highest BCUT2D eigenvalue weighted by atomic mass is 35.6. The third kappa shape index (κ3) is 4.89. The van der Waals surface area contributed by atoms with Crippen molar-refractivity contribution in [3.05, 3.63) is 48.6 Å². The summed E-state index contributed by atoms with van der Waals surface area (Å²) in [5.41, 5.74) is 0.990. The van der Waals surface area contributed by atoms with Gasteiger partial charge in [-0.2, -0.15) is 0 Å². The van der Waals surface area contributed by atoms with Crippen molar-refractivity contribution < 1.29 is 4.79 Å². The van der Waals surface area contributed by atoms with Crippen LogP contribution in [-0.4, -0.2) is 21.1 Å². The summed E-state index contributed by atoms with van der Waals surface area (Å²) in [6.45, 7) is 4.52. The van der Waals surface area contributed by atoms with E-state index in [0.29, 0.717) is 19.5 Å². The molecule has 0 heterocycles. The van der Waals surface area contributed by atoms with Gasteiger partial charge < -0.3 is 4.90 Å². The molecule has 0 aromatic heterocycles. The number of amides is 1. The van der Waals surface area contributed by atoms with Crippen LogP contribution in [0.3, 0.4) is 0 Å². The topological polar surface area (TPSA) is 20.3 Å². The van der Waals surface area contributed by atoms with Crippen LogP contribution in [-0.2, 0) is 11.3 Å². The molecule has 0 atom stereocenters. The monoisotopic (exact) mass is 305 g/mol. The maximum Gasteiger partial charge on any atom is 0.275 e. The van der Waals surface area contributed by atoms with E-state index in [1.54, 1.807) is 6.08 Å². The molecule has 2 nitrogen and oxygen atoms in total. The summed E-state index contributed by atoms with van der Waals surface area (Å²) < 4.78 is -1.92. The maximum absolute atomic E-state index is 12.0. The first-order valence-electron chi connectivity index (χ1n) is 5.46. The van der Waals surface area contributed by atoms with Crippen LogP contribution in [0.15, 0.2) is 43.0 Å². The van der Waals surface area contributed by atoms with Gasteiger partial charge in [0.05, 0.1) is 0 Å². The highest BCUT2D eigenvalue weighted by Crippen LogP contribution is 2.29. The number of halogens is 3. The van der Waals surface area contributed by atoms with Crippen molar-refractivity contribution in [2.75, 3.05) is 6.54 Å². The Hall–Kier alpha value is -0.700. The molecule has 1 rings (SSSR count). The molecule has 0 fully saturated rings. The smallest absolute Gasteiger partial charge is 0.275 e. The maximum atomic E-state index is 12.0. The van der Waals surface area contributed by atoms with E-state index in [9.17, 15) is 4.79 Å². The van der Waals surface area contributed by atoms with E-state index < -0.39 is 9.70 Å². The summed E-state index contributed by atoms with van der Waals surface area (Å²) in [6.07, 6.45) is 2.38. The van der Waals surface area contributed by atoms with Crippen LogP contribution in [0.2, 0.25) is 0 Å². The molecule has 18 heavy (non-hydrogen) atoms. The second-order valence-electron chi connectivity index (χ2n) is 3.79. The molecule has 1 aromatic rings. The Morgan fingerprint density at radius 2 is 1.89 bits per heavy atom. The fraction of sp³-hybridized carbons (Fsp3) is 0.308. The third-order valence-corrected chi connectivity index (χ3v) is 2.83. The largest absolute Gasteiger partial charge is 0.334 e.